The maximum absolute atomic E-state index is 13.0. The molecule has 2 amide bonds. The predicted molar refractivity (Wildman–Crippen MR) is 86.6 cm³/mol. The summed E-state index contributed by atoms with van der Waals surface area (Å²) in [6.07, 6.45) is 6.88. The molecule has 124 valence electrons. The molecule has 3 rings (SSSR count). The summed E-state index contributed by atoms with van der Waals surface area (Å²) < 4.78 is 1.74. The number of carbonyl (C=O) groups excluding carboxylic acids is 2. The van der Waals surface area contributed by atoms with Crippen molar-refractivity contribution in [3.05, 3.63) is 29.1 Å². The van der Waals surface area contributed by atoms with Crippen LogP contribution in [-0.4, -0.2) is 45.5 Å². The average molecular weight is 316 g/mol. The molecule has 1 aliphatic carbocycles. The monoisotopic (exact) mass is 316 g/mol. The molecule has 0 aromatic carbocycles. The Bertz CT molecular complexity index is 689. The van der Waals surface area contributed by atoms with E-state index in [1.807, 2.05) is 18.9 Å². The Morgan fingerprint density at radius 2 is 2.00 bits per heavy atom. The van der Waals surface area contributed by atoms with E-state index in [1.165, 1.54) is 4.90 Å². The van der Waals surface area contributed by atoms with E-state index in [1.54, 1.807) is 18.8 Å². The first-order chi connectivity index (χ1) is 10.8. The molecule has 0 bridgehead atoms. The van der Waals surface area contributed by atoms with Gasteiger partial charge in [-0.2, -0.15) is 5.10 Å². The number of hydrogen-bond acceptors (Lipinski definition) is 3. The van der Waals surface area contributed by atoms with Gasteiger partial charge in [-0.05, 0) is 19.3 Å². The minimum Gasteiger partial charge on any atom is -0.343 e. The van der Waals surface area contributed by atoms with Gasteiger partial charge in [-0.1, -0.05) is 19.1 Å². The third-order valence-electron chi connectivity index (χ3n) is 4.97. The van der Waals surface area contributed by atoms with Crippen molar-refractivity contribution in [3.63, 3.8) is 0 Å². The number of amides is 2. The Kier molecular flexibility index (Phi) is 3.78. The molecule has 23 heavy (non-hydrogen) atoms. The standard InChI is InChI=1S/C17H24N4O2/c1-17(8-6-5-7-9-17)16(23)21-10-12-13(11-21)20(4)18-14(12)15(22)19(2)3/h5-6H,7-11H2,1-4H3. The van der Waals surface area contributed by atoms with Crippen molar-refractivity contribution >= 4 is 11.8 Å². The first-order valence-electron chi connectivity index (χ1n) is 8.04. The van der Waals surface area contributed by atoms with Gasteiger partial charge in [0, 0.05) is 26.7 Å². The van der Waals surface area contributed by atoms with Crippen LogP contribution in [0.15, 0.2) is 12.2 Å². The fourth-order valence-electron chi connectivity index (χ4n) is 3.46. The summed E-state index contributed by atoms with van der Waals surface area (Å²) in [5, 5.41) is 4.35. The van der Waals surface area contributed by atoms with Gasteiger partial charge in [0.05, 0.1) is 24.2 Å². The average Bonchev–Trinajstić information content (AvgIpc) is 3.07. The minimum absolute atomic E-state index is 0.108. The molecule has 0 saturated carbocycles. The van der Waals surface area contributed by atoms with E-state index in [9.17, 15) is 9.59 Å². The number of rotatable bonds is 2. The van der Waals surface area contributed by atoms with Crippen LogP contribution >= 0.6 is 0 Å². The van der Waals surface area contributed by atoms with E-state index in [-0.39, 0.29) is 17.2 Å². The van der Waals surface area contributed by atoms with Crippen molar-refractivity contribution in [1.29, 1.82) is 0 Å². The van der Waals surface area contributed by atoms with E-state index in [2.05, 4.69) is 17.3 Å². The normalized spacial score (nSPS) is 23.0. The minimum atomic E-state index is -0.323. The Morgan fingerprint density at radius 1 is 1.26 bits per heavy atom. The highest BCUT2D eigenvalue weighted by Crippen LogP contribution is 2.37. The third kappa shape index (κ3) is 2.56. The summed E-state index contributed by atoms with van der Waals surface area (Å²) in [6.45, 7) is 3.07. The van der Waals surface area contributed by atoms with Crippen LogP contribution in [0, 0.1) is 5.41 Å². The predicted octanol–water partition coefficient (Wildman–Crippen LogP) is 1.71. The molecule has 1 atom stereocenters. The van der Waals surface area contributed by atoms with E-state index in [0.717, 1.165) is 30.5 Å². The van der Waals surface area contributed by atoms with Crippen molar-refractivity contribution in [2.45, 2.75) is 39.3 Å². The van der Waals surface area contributed by atoms with Gasteiger partial charge in [0.1, 0.15) is 0 Å². The molecule has 1 aromatic rings. The Hall–Kier alpha value is -2.11. The van der Waals surface area contributed by atoms with Gasteiger partial charge in [-0.3, -0.25) is 14.3 Å². The summed E-state index contributed by atoms with van der Waals surface area (Å²) in [7, 11) is 5.28. The summed E-state index contributed by atoms with van der Waals surface area (Å²) >= 11 is 0. The SMILES string of the molecule is CN(C)C(=O)c1nn(C)c2c1CN(C(=O)C1(C)CC=CCC1)C2. The molecule has 1 aromatic heterocycles. The van der Waals surface area contributed by atoms with Crippen LogP contribution in [-0.2, 0) is 24.9 Å². The highest BCUT2D eigenvalue weighted by molar-refractivity contribution is 5.94. The van der Waals surface area contributed by atoms with Gasteiger partial charge in [0.2, 0.25) is 5.91 Å². The maximum atomic E-state index is 13.0. The van der Waals surface area contributed by atoms with Crippen LogP contribution in [0.5, 0.6) is 0 Å². The molecule has 6 nitrogen and oxygen atoms in total. The molecule has 0 saturated heterocycles. The van der Waals surface area contributed by atoms with Crippen molar-refractivity contribution in [2.24, 2.45) is 12.5 Å². The van der Waals surface area contributed by atoms with Gasteiger partial charge in [0.25, 0.3) is 5.91 Å². The van der Waals surface area contributed by atoms with Gasteiger partial charge in [-0.15, -0.1) is 0 Å². The number of aryl methyl sites for hydroxylation is 1. The zero-order valence-electron chi connectivity index (χ0n) is 14.3. The van der Waals surface area contributed by atoms with E-state index < -0.39 is 0 Å². The highest BCUT2D eigenvalue weighted by atomic mass is 16.2. The lowest BCUT2D eigenvalue weighted by molar-refractivity contribution is -0.142. The first kappa shape index (κ1) is 15.8. The number of allylic oxidation sites excluding steroid dienone is 2. The molecule has 2 aliphatic rings. The molecule has 2 heterocycles. The van der Waals surface area contributed by atoms with Crippen molar-refractivity contribution in [2.75, 3.05) is 14.1 Å². The molecular weight excluding hydrogens is 292 g/mol. The Morgan fingerprint density at radius 3 is 2.61 bits per heavy atom. The molecule has 1 aliphatic heterocycles. The summed E-state index contributed by atoms with van der Waals surface area (Å²) in [4.78, 5) is 28.7. The van der Waals surface area contributed by atoms with Crippen LogP contribution in [0.4, 0.5) is 0 Å². The van der Waals surface area contributed by atoms with Crippen LogP contribution in [0.3, 0.4) is 0 Å². The number of aromatic nitrogens is 2. The lowest BCUT2D eigenvalue weighted by atomic mass is 9.78. The molecule has 1 unspecified atom stereocenters. The zero-order chi connectivity index (χ0) is 16.8. The number of carbonyl (C=O) groups is 2. The fraction of sp³-hybridized carbons (Fsp3) is 0.588. The van der Waals surface area contributed by atoms with Crippen LogP contribution < -0.4 is 0 Å². The zero-order valence-corrected chi connectivity index (χ0v) is 14.3. The second kappa shape index (κ2) is 5.51. The van der Waals surface area contributed by atoms with Crippen molar-refractivity contribution in [1.82, 2.24) is 19.6 Å². The second-order valence-electron chi connectivity index (χ2n) is 7.03. The van der Waals surface area contributed by atoms with Gasteiger partial charge in [0.15, 0.2) is 5.69 Å². The number of nitrogens with zero attached hydrogens (tertiary/aromatic N) is 4. The molecule has 6 heteroatoms. The first-order valence-corrected chi connectivity index (χ1v) is 8.04. The van der Waals surface area contributed by atoms with Gasteiger partial charge < -0.3 is 9.80 Å². The number of hydrogen-bond donors (Lipinski definition) is 0. The molecule has 0 N–H and O–H groups in total. The van der Waals surface area contributed by atoms with E-state index >= 15 is 0 Å². The summed E-state index contributed by atoms with van der Waals surface area (Å²) in [5.41, 5.74) is 2.01. The molecule has 0 spiro atoms. The highest BCUT2D eigenvalue weighted by Gasteiger charge is 2.40. The largest absolute Gasteiger partial charge is 0.343 e. The maximum Gasteiger partial charge on any atom is 0.274 e. The van der Waals surface area contributed by atoms with E-state index in [4.69, 9.17) is 0 Å². The third-order valence-corrected chi connectivity index (χ3v) is 4.97. The Balaban J connectivity index is 1.85. The molecular formula is C17H24N4O2. The van der Waals surface area contributed by atoms with Crippen LogP contribution in [0.25, 0.3) is 0 Å². The topological polar surface area (TPSA) is 58.4 Å². The molecule has 0 radical (unpaired) electrons. The lowest BCUT2D eigenvalue weighted by Crippen LogP contribution is -2.40. The smallest absolute Gasteiger partial charge is 0.274 e. The quantitative estimate of drug-likeness (QED) is 0.781. The Labute approximate surface area is 136 Å². The summed E-state index contributed by atoms with van der Waals surface area (Å²) in [5.74, 6) is 0.0734. The van der Waals surface area contributed by atoms with Crippen molar-refractivity contribution < 1.29 is 9.59 Å². The lowest BCUT2D eigenvalue weighted by Gasteiger charge is -2.33. The fourth-order valence-corrected chi connectivity index (χ4v) is 3.46. The van der Waals surface area contributed by atoms with Crippen LogP contribution in [0.2, 0.25) is 0 Å². The molecule has 0 fully saturated rings. The van der Waals surface area contributed by atoms with Crippen LogP contribution in [0.1, 0.15) is 47.9 Å². The van der Waals surface area contributed by atoms with Gasteiger partial charge >= 0.3 is 0 Å². The van der Waals surface area contributed by atoms with Gasteiger partial charge in [-0.25, -0.2) is 0 Å². The second-order valence-corrected chi connectivity index (χ2v) is 7.03. The van der Waals surface area contributed by atoms with E-state index in [0.29, 0.717) is 18.8 Å². The number of fused-ring (bicyclic) bond motifs is 1. The van der Waals surface area contributed by atoms with Crippen molar-refractivity contribution in [3.8, 4) is 0 Å². The summed E-state index contributed by atoms with van der Waals surface area (Å²) in [6, 6.07) is 0.